The van der Waals surface area contributed by atoms with Gasteiger partial charge in [0.25, 0.3) is 11.5 Å². The van der Waals surface area contributed by atoms with Crippen molar-refractivity contribution in [3.05, 3.63) is 62.7 Å². The summed E-state index contributed by atoms with van der Waals surface area (Å²) in [5.41, 5.74) is 6.27. The second-order valence-corrected chi connectivity index (χ2v) is 30.8. The zero-order valence-electron chi connectivity index (χ0n) is 57.4. The number of rotatable bonds is 16. The maximum absolute atomic E-state index is 14.2. The van der Waals surface area contributed by atoms with Crippen molar-refractivity contribution in [3.8, 4) is 12.8 Å². The summed E-state index contributed by atoms with van der Waals surface area (Å²) < 4.78 is 19.8. The normalized spacial score (nSPS) is 32.9. The Morgan fingerprint density at radius 2 is 1.34 bits per heavy atom. The standard InChI is InChI=1S/C38H60FN7O5.C33H54N4O.C2H2/c1-23-18-45(21-34(48)46-22-38(4,5)35-32(46)16-27(36(49)43-35)15-26-9-11-28(39)12-10-26)29(17-40-23)19-44-13-14-51-33(20-44)37(50)42-31-8-6-7-30(24(31)2)41-25(3)47;1-6-28-17-27(16-26-12-10-24(2)11-13-26)18-30-32(28)33(4,5)23-37(30)31(38)22-36-20-25(3)34-19-29(36)21-35-14-8-7-9-15-35;1-2/h16,23-24,26,28-31,33,40H,6-15,17-22H2,1-5H3,(H,41,47)(H,42,50)(H,43,49);7-8,18,24-26,28-29,34H,6,9-17,19-23H2,1-5H3;1-2H/t23-,24?,26?,28?,29?,30?,31?,33+;24?,25-,26?,28?,29?;/m11./s1. The van der Waals surface area contributed by atoms with Gasteiger partial charge in [-0.1, -0.05) is 79.0 Å². The number of carbonyl (C=O) groups excluding carboxylic acids is 4. The fraction of sp³-hybridized carbons (Fsp3) is 0.767. The maximum atomic E-state index is 14.2. The molecular formula is C73H116FN11O6. The van der Waals surface area contributed by atoms with Crippen molar-refractivity contribution in [1.82, 2.24) is 50.8 Å². The highest BCUT2D eigenvalue weighted by Crippen LogP contribution is 2.50. The van der Waals surface area contributed by atoms with Crippen molar-refractivity contribution in [2.24, 2.45) is 35.0 Å². The van der Waals surface area contributed by atoms with E-state index in [1.807, 2.05) is 11.0 Å². The number of aromatic amines is 1. The molecule has 4 aliphatic carbocycles. The molecule has 3 saturated heterocycles. The predicted molar refractivity (Wildman–Crippen MR) is 362 cm³/mol. The van der Waals surface area contributed by atoms with Crippen LogP contribution in [0.15, 0.2) is 45.9 Å². The van der Waals surface area contributed by atoms with Crippen molar-refractivity contribution in [2.75, 3.05) is 103 Å². The van der Waals surface area contributed by atoms with Gasteiger partial charge in [0.05, 0.1) is 25.4 Å². The van der Waals surface area contributed by atoms with E-state index in [0.717, 1.165) is 114 Å². The van der Waals surface area contributed by atoms with Crippen LogP contribution in [0.4, 0.5) is 10.1 Å². The first-order valence-corrected chi connectivity index (χ1v) is 35.5. The molecule has 6 fully saturated rings. The zero-order valence-corrected chi connectivity index (χ0v) is 57.4. The van der Waals surface area contributed by atoms with Gasteiger partial charge in [-0.2, -0.15) is 0 Å². The van der Waals surface area contributed by atoms with E-state index in [-0.39, 0.29) is 71.2 Å². The highest BCUT2D eigenvalue weighted by molar-refractivity contribution is 5.97. The average Bonchev–Trinajstić information content (AvgIpc) is 1.63. The number of morpholine rings is 1. The summed E-state index contributed by atoms with van der Waals surface area (Å²) in [5, 5.41) is 13.6. The van der Waals surface area contributed by atoms with Gasteiger partial charge >= 0.3 is 0 Å². The molecule has 506 valence electrons. The minimum atomic E-state index is -0.740. The number of aromatic nitrogens is 1. The van der Waals surface area contributed by atoms with Gasteiger partial charge in [-0.3, -0.25) is 43.6 Å². The number of hydrogen-bond donors (Lipinski definition) is 5. The van der Waals surface area contributed by atoms with E-state index in [0.29, 0.717) is 88.1 Å². The molecule has 1 aromatic heterocycles. The van der Waals surface area contributed by atoms with Gasteiger partial charge in [0.15, 0.2) is 0 Å². The Bertz CT molecular complexity index is 2830. The van der Waals surface area contributed by atoms with Gasteiger partial charge in [-0.05, 0) is 151 Å². The Labute approximate surface area is 545 Å². The van der Waals surface area contributed by atoms with E-state index in [2.05, 4.69) is 144 Å². The monoisotopic (exact) mass is 1260 g/mol. The molecule has 0 aromatic carbocycles. The maximum Gasteiger partial charge on any atom is 0.251 e. The molecule has 3 saturated carbocycles. The first-order chi connectivity index (χ1) is 43.5. The summed E-state index contributed by atoms with van der Waals surface area (Å²) in [7, 11) is 0. The van der Waals surface area contributed by atoms with Gasteiger partial charge in [0.1, 0.15) is 12.3 Å². The number of alkyl halides is 1. The first-order valence-electron chi connectivity index (χ1n) is 35.5. The third-order valence-electron chi connectivity index (χ3n) is 22.5. The predicted octanol–water partition coefficient (Wildman–Crippen LogP) is 8.10. The lowest BCUT2D eigenvalue weighted by Crippen LogP contribution is -2.62. The molecule has 91 heavy (non-hydrogen) atoms. The van der Waals surface area contributed by atoms with Gasteiger partial charge < -0.3 is 40.8 Å². The SMILES string of the molecule is C#C.CC(=O)NC1CCCC(NC(=O)[C@@H]2CN(CC3CN[C@H](C)CN3CC(=O)N3CC(C)(C)c4[nH]c(=O)c(CC5CCC(F)CC5)cc43)CCO2)C1C.CCC1CC(CC2CCC(C)CC2)=CC2=C1C(C)(C)CN2C(=O)CN1C[C@@H](C)NCC1CN1CC=CCC1. The van der Waals surface area contributed by atoms with Crippen LogP contribution < -0.4 is 31.7 Å². The fourth-order valence-corrected chi connectivity index (χ4v) is 17.2. The number of piperazine rings is 2. The van der Waals surface area contributed by atoms with Crippen LogP contribution in [-0.2, 0) is 35.8 Å². The molecule has 0 bridgehead atoms. The number of pyridine rings is 1. The Morgan fingerprint density at radius 1 is 0.736 bits per heavy atom. The molecule has 6 aliphatic heterocycles. The number of carbonyl (C=O) groups is 4. The third kappa shape index (κ3) is 18.0. The van der Waals surface area contributed by atoms with E-state index >= 15 is 0 Å². The zero-order chi connectivity index (χ0) is 65.3. The number of hydrogen-bond acceptors (Lipinski definition) is 12. The van der Waals surface area contributed by atoms with Crippen LogP contribution in [0.2, 0.25) is 0 Å². The molecular weight excluding hydrogens is 1150 g/mol. The summed E-state index contributed by atoms with van der Waals surface area (Å²) in [4.78, 5) is 83.4. The highest BCUT2D eigenvalue weighted by atomic mass is 19.1. The van der Waals surface area contributed by atoms with Gasteiger partial charge in [-0.15, -0.1) is 12.8 Å². The van der Waals surface area contributed by atoms with Crippen LogP contribution in [0.5, 0.6) is 0 Å². The van der Waals surface area contributed by atoms with E-state index in [1.54, 1.807) is 11.1 Å². The number of amides is 4. The molecule has 7 heterocycles. The number of nitrogens with zero attached hydrogens (tertiary/aromatic N) is 6. The number of terminal acetylenes is 1. The van der Waals surface area contributed by atoms with Crippen LogP contribution in [0, 0.1) is 47.9 Å². The number of ether oxygens (including phenoxy) is 1. The minimum absolute atomic E-state index is 0.00950. The van der Waals surface area contributed by atoms with Crippen molar-refractivity contribution in [3.63, 3.8) is 0 Å². The minimum Gasteiger partial charge on any atom is -0.366 e. The largest absolute Gasteiger partial charge is 0.366 e. The van der Waals surface area contributed by atoms with Crippen LogP contribution in [-0.4, -0.2) is 200 Å². The number of fused-ring (bicyclic) bond motifs is 1. The molecule has 9 atom stereocenters. The van der Waals surface area contributed by atoms with E-state index in [4.69, 9.17) is 4.74 Å². The van der Waals surface area contributed by atoms with E-state index in [1.165, 1.54) is 57.6 Å². The molecule has 0 radical (unpaired) electrons. The lowest BCUT2D eigenvalue weighted by Gasteiger charge is -2.43. The van der Waals surface area contributed by atoms with Crippen molar-refractivity contribution in [2.45, 2.75) is 226 Å². The Hall–Kier alpha value is -4.74. The summed E-state index contributed by atoms with van der Waals surface area (Å²) in [6.45, 7) is 32.7. The van der Waals surface area contributed by atoms with Crippen LogP contribution in [0.3, 0.4) is 0 Å². The van der Waals surface area contributed by atoms with Crippen molar-refractivity contribution >= 4 is 29.3 Å². The highest BCUT2D eigenvalue weighted by Gasteiger charge is 2.46. The summed E-state index contributed by atoms with van der Waals surface area (Å²) in [5.74, 6) is 2.90. The Kier molecular flexibility index (Phi) is 24.6. The Morgan fingerprint density at radius 3 is 1.97 bits per heavy atom. The van der Waals surface area contributed by atoms with E-state index < -0.39 is 17.7 Å². The molecule has 11 rings (SSSR count). The third-order valence-corrected chi connectivity index (χ3v) is 22.5. The molecule has 6 unspecified atom stereocenters. The lowest BCUT2D eigenvalue weighted by molar-refractivity contribution is -0.140. The quantitative estimate of drug-likeness (QED) is 0.0796. The number of allylic oxidation sites excluding steroid dienone is 2. The number of H-pyrrole nitrogens is 1. The van der Waals surface area contributed by atoms with Gasteiger partial charge in [-0.25, -0.2) is 4.39 Å². The molecule has 17 nitrogen and oxygen atoms in total. The Balaban J connectivity index is 0.000000218. The van der Waals surface area contributed by atoms with Crippen molar-refractivity contribution < 1.29 is 28.3 Å². The van der Waals surface area contributed by atoms with Gasteiger partial charge in [0, 0.05) is 149 Å². The molecule has 1 aromatic rings. The summed E-state index contributed by atoms with van der Waals surface area (Å²) >= 11 is 0. The van der Waals surface area contributed by atoms with Crippen LogP contribution in [0.1, 0.15) is 177 Å². The number of anilines is 1. The van der Waals surface area contributed by atoms with E-state index in [9.17, 15) is 28.4 Å². The van der Waals surface area contributed by atoms with Crippen LogP contribution in [0.25, 0.3) is 0 Å². The second-order valence-electron chi connectivity index (χ2n) is 30.8. The average molecular weight is 1260 g/mol. The number of halogens is 1. The van der Waals surface area contributed by atoms with Gasteiger partial charge in [0.2, 0.25) is 17.7 Å². The molecule has 18 heteroatoms. The van der Waals surface area contributed by atoms with Crippen molar-refractivity contribution in [1.29, 1.82) is 0 Å². The molecule has 5 N–H and O–H groups in total. The summed E-state index contributed by atoms with van der Waals surface area (Å²) in [6.07, 6.45) is 30.0. The molecule has 10 aliphatic rings. The topological polar surface area (TPSA) is 178 Å². The lowest BCUT2D eigenvalue weighted by atomic mass is 9.71. The second kappa shape index (κ2) is 31.7. The molecule has 0 spiro atoms. The first kappa shape index (κ1) is 70.6. The number of nitrogens with one attached hydrogen (secondary N) is 5. The fourth-order valence-electron chi connectivity index (χ4n) is 17.2. The summed E-state index contributed by atoms with van der Waals surface area (Å²) in [6, 6.07) is 3.06. The smallest absolute Gasteiger partial charge is 0.251 e. The molecule has 4 amide bonds. The van der Waals surface area contributed by atoms with Crippen LogP contribution >= 0.6 is 0 Å².